The van der Waals surface area contributed by atoms with Gasteiger partial charge in [0.2, 0.25) is 5.95 Å². The highest BCUT2D eigenvalue weighted by Gasteiger charge is 2.07. The Labute approximate surface area is 88.7 Å². The van der Waals surface area contributed by atoms with Gasteiger partial charge in [0.25, 0.3) is 0 Å². The van der Waals surface area contributed by atoms with Crippen molar-refractivity contribution in [3.05, 3.63) is 12.3 Å². The molecule has 0 radical (unpaired) electrons. The molecule has 0 fully saturated rings. The minimum atomic E-state index is 0.0631. The molecule has 1 heterocycles. The van der Waals surface area contributed by atoms with Crippen LogP contribution in [0.5, 0.6) is 0 Å². The maximum atomic E-state index is 8.91. The molecule has 1 aromatic heterocycles. The number of anilines is 2. The van der Waals surface area contributed by atoms with E-state index < -0.39 is 0 Å². The fourth-order valence-corrected chi connectivity index (χ4v) is 1.20. The predicted molar refractivity (Wildman–Crippen MR) is 57.6 cm³/mol. The average Bonchev–Trinajstić information content (AvgIpc) is 2.24. The third-order valence-corrected chi connectivity index (χ3v) is 1.92. The molecule has 15 heavy (non-hydrogen) atoms. The van der Waals surface area contributed by atoms with Crippen molar-refractivity contribution < 1.29 is 9.84 Å². The number of aliphatic hydroxyl groups is 1. The summed E-state index contributed by atoms with van der Waals surface area (Å²) in [6.45, 7) is 1.80. The Hall–Kier alpha value is -1.40. The number of aromatic nitrogens is 2. The van der Waals surface area contributed by atoms with Gasteiger partial charge in [0, 0.05) is 26.4 Å². The SMILES string of the molecule is COCCN(CCO)c1ccnc(N)n1. The molecular weight excluding hydrogens is 196 g/mol. The molecule has 0 amide bonds. The summed E-state index contributed by atoms with van der Waals surface area (Å²) >= 11 is 0. The Morgan fingerprint density at radius 2 is 2.33 bits per heavy atom. The number of rotatable bonds is 6. The highest BCUT2D eigenvalue weighted by Crippen LogP contribution is 2.09. The third-order valence-electron chi connectivity index (χ3n) is 1.92. The quantitative estimate of drug-likeness (QED) is 0.661. The first-order valence-electron chi connectivity index (χ1n) is 4.71. The molecule has 0 aliphatic carbocycles. The molecule has 1 aromatic rings. The van der Waals surface area contributed by atoms with Crippen LogP contribution in [-0.2, 0) is 4.74 Å². The van der Waals surface area contributed by atoms with Crippen molar-refractivity contribution in [2.75, 3.05) is 44.0 Å². The summed E-state index contributed by atoms with van der Waals surface area (Å²) in [7, 11) is 1.63. The minimum absolute atomic E-state index is 0.0631. The van der Waals surface area contributed by atoms with Crippen molar-refractivity contribution in [2.24, 2.45) is 0 Å². The van der Waals surface area contributed by atoms with Crippen LogP contribution >= 0.6 is 0 Å². The number of hydrogen-bond acceptors (Lipinski definition) is 6. The molecule has 0 bridgehead atoms. The van der Waals surface area contributed by atoms with Crippen LogP contribution in [0.3, 0.4) is 0 Å². The van der Waals surface area contributed by atoms with E-state index in [1.54, 1.807) is 19.4 Å². The summed E-state index contributed by atoms with van der Waals surface area (Å²) in [6.07, 6.45) is 1.59. The lowest BCUT2D eigenvalue weighted by Crippen LogP contribution is -2.31. The lowest BCUT2D eigenvalue weighted by molar-refractivity contribution is 0.202. The first-order valence-corrected chi connectivity index (χ1v) is 4.71. The molecule has 0 aliphatic rings. The van der Waals surface area contributed by atoms with Gasteiger partial charge in [-0.1, -0.05) is 0 Å². The Bertz CT molecular complexity index is 295. The molecule has 0 aromatic carbocycles. The zero-order chi connectivity index (χ0) is 11.1. The summed E-state index contributed by atoms with van der Waals surface area (Å²) in [5, 5.41) is 8.91. The molecule has 0 unspecified atom stereocenters. The highest BCUT2D eigenvalue weighted by atomic mass is 16.5. The van der Waals surface area contributed by atoms with Gasteiger partial charge in [0.05, 0.1) is 13.2 Å². The van der Waals surface area contributed by atoms with Crippen LogP contribution in [-0.4, -0.2) is 48.5 Å². The van der Waals surface area contributed by atoms with Crippen molar-refractivity contribution in [1.29, 1.82) is 0 Å². The normalized spacial score (nSPS) is 10.3. The minimum Gasteiger partial charge on any atom is -0.395 e. The Balaban J connectivity index is 2.69. The van der Waals surface area contributed by atoms with Gasteiger partial charge in [0.1, 0.15) is 5.82 Å². The Morgan fingerprint density at radius 1 is 1.53 bits per heavy atom. The standard InChI is InChI=1S/C9H16N4O2/c1-15-7-5-13(4-6-14)8-2-3-11-9(10)12-8/h2-3,14H,4-7H2,1H3,(H2,10,11,12). The smallest absolute Gasteiger partial charge is 0.221 e. The molecular formula is C9H16N4O2. The second kappa shape index (κ2) is 6.15. The molecule has 0 saturated heterocycles. The summed E-state index contributed by atoms with van der Waals surface area (Å²) in [6, 6.07) is 1.75. The monoisotopic (exact) mass is 212 g/mol. The van der Waals surface area contributed by atoms with Gasteiger partial charge in [-0.15, -0.1) is 0 Å². The van der Waals surface area contributed by atoms with Gasteiger partial charge in [-0.05, 0) is 6.07 Å². The van der Waals surface area contributed by atoms with E-state index >= 15 is 0 Å². The number of hydrogen-bond donors (Lipinski definition) is 2. The van der Waals surface area contributed by atoms with E-state index in [0.29, 0.717) is 25.5 Å². The fourth-order valence-electron chi connectivity index (χ4n) is 1.20. The lowest BCUT2D eigenvalue weighted by atomic mass is 10.4. The van der Waals surface area contributed by atoms with Gasteiger partial charge in [0.15, 0.2) is 0 Å². The number of ether oxygens (including phenoxy) is 1. The lowest BCUT2D eigenvalue weighted by Gasteiger charge is -2.22. The summed E-state index contributed by atoms with van der Waals surface area (Å²) in [5.41, 5.74) is 5.48. The van der Waals surface area contributed by atoms with E-state index in [0.717, 1.165) is 0 Å². The number of nitrogens with two attached hydrogens (primary N) is 1. The molecule has 84 valence electrons. The van der Waals surface area contributed by atoms with Crippen LogP contribution in [0.25, 0.3) is 0 Å². The zero-order valence-corrected chi connectivity index (χ0v) is 8.76. The van der Waals surface area contributed by atoms with Crippen LogP contribution < -0.4 is 10.6 Å². The van der Waals surface area contributed by atoms with E-state index in [4.69, 9.17) is 15.6 Å². The van der Waals surface area contributed by atoms with Crippen LogP contribution in [0.4, 0.5) is 11.8 Å². The molecule has 0 saturated carbocycles. The van der Waals surface area contributed by atoms with E-state index in [9.17, 15) is 0 Å². The average molecular weight is 212 g/mol. The molecule has 0 aliphatic heterocycles. The Kier molecular flexibility index (Phi) is 4.79. The van der Waals surface area contributed by atoms with E-state index in [2.05, 4.69) is 9.97 Å². The van der Waals surface area contributed by atoms with Crippen molar-refractivity contribution in [2.45, 2.75) is 0 Å². The van der Waals surface area contributed by atoms with Crippen LogP contribution in [0, 0.1) is 0 Å². The van der Waals surface area contributed by atoms with Crippen LogP contribution in [0.2, 0.25) is 0 Å². The Morgan fingerprint density at radius 3 is 2.93 bits per heavy atom. The molecule has 6 nitrogen and oxygen atoms in total. The van der Waals surface area contributed by atoms with Crippen LogP contribution in [0.1, 0.15) is 0 Å². The molecule has 0 spiro atoms. The van der Waals surface area contributed by atoms with E-state index in [1.807, 2.05) is 4.90 Å². The number of nitrogen functional groups attached to an aromatic ring is 1. The van der Waals surface area contributed by atoms with Gasteiger partial charge < -0.3 is 20.5 Å². The second-order valence-electron chi connectivity index (χ2n) is 2.98. The molecule has 0 atom stereocenters. The highest BCUT2D eigenvalue weighted by molar-refractivity contribution is 5.40. The van der Waals surface area contributed by atoms with Crippen LogP contribution in [0.15, 0.2) is 12.3 Å². The third kappa shape index (κ3) is 3.69. The maximum absolute atomic E-state index is 8.91. The topological polar surface area (TPSA) is 84.5 Å². The first kappa shape index (κ1) is 11.7. The largest absolute Gasteiger partial charge is 0.395 e. The second-order valence-corrected chi connectivity index (χ2v) is 2.98. The van der Waals surface area contributed by atoms with Gasteiger partial charge in [-0.3, -0.25) is 0 Å². The molecule has 6 heteroatoms. The van der Waals surface area contributed by atoms with Crippen molar-refractivity contribution in [1.82, 2.24) is 9.97 Å². The van der Waals surface area contributed by atoms with Gasteiger partial charge in [-0.2, -0.15) is 4.98 Å². The number of aliphatic hydroxyl groups excluding tert-OH is 1. The zero-order valence-electron chi connectivity index (χ0n) is 8.76. The summed E-state index contributed by atoms with van der Waals surface area (Å²) < 4.78 is 4.97. The number of nitrogens with zero attached hydrogens (tertiary/aromatic N) is 3. The van der Waals surface area contributed by atoms with E-state index in [-0.39, 0.29) is 12.6 Å². The fraction of sp³-hybridized carbons (Fsp3) is 0.556. The van der Waals surface area contributed by atoms with Crippen molar-refractivity contribution in [3.8, 4) is 0 Å². The number of methoxy groups -OCH3 is 1. The van der Waals surface area contributed by atoms with Gasteiger partial charge >= 0.3 is 0 Å². The maximum Gasteiger partial charge on any atom is 0.221 e. The van der Waals surface area contributed by atoms with Gasteiger partial charge in [-0.25, -0.2) is 4.98 Å². The van der Waals surface area contributed by atoms with E-state index in [1.165, 1.54) is 0 Å². The summed E-state index contributed by atoms with van der Waals surface area (Å²) in [4.78, 5) is 9.77. The molecule has 1 rings (SSSR count). The predicted octanol–water partition coefficient (Wildman–Crippen LogP) is -0.496. The van der Waals surface area contributed by atoms with Crippen molar-refractivity contribution >= 4 is 11.8 Å². The summed E-state index contributed by atoms with van der Waals surface area (Å²) in [5.74, 6) is 0.932. The van der Waals surface area contributed by atoms with Crippen molar-refractivity contribution in [3.63, 3.8) is 0 Å². The first-order chi connectivity index (χ1) is 7.27. The molecule has 3 N–H and O–H groups in total.